The van der Waals surface area contributed by atoms with Gasteiger partial charge in [0, 0.05) is 18.0 Å². The van der Waals surface area contributed by atoms with Gasteiger partial charge in [0.15, 0.2) is 0 Å². The van der Waals surface area contributed by atoms with Crippen LogP contribution in [0.1, 0.15) is 29.6 Å². The number of sulfonamides is 1. The van der Waals surface area contributed by atoms with Crippen LogP contribution in [0.4, 0.5) is 0 Å². The first-order valence-corrected chi connectivity index (χ1v) is 8.23. The first-order valence-electron chi connectivity index (χ1n) is 5.91. The monoisotopic (exact) mass is 305 g/mol. The SMILES string of the molecule is O=C(O)c1csc(S(=O)(=O)N2CCCCC2CO)c1. The van der Waals surface area contributed by atoms with Gasteiger partial charge in [-0.2, -0.15) is 4.31 Å². The maximum absolute atomic E-state index is 12.4. The van der Waals surface area contributed by atoms with Crippen molar-refractivity contribution < 1.29 is 23.4 Å². The zero-order chi connectivity index (χ0) is 14.0. The average Bonchev–Trinajstić information content (AvgIpc) is 2.89. The number of aromatic carboxylic acids is 1. The fourth-order valence-electron chi connectivity index (χ4n) is 2.15. The van der Waals surface area contributed by atoms with Crippen molar-refractivity contribution in [1.82, 2.24) is 4.31 Å². The number of thiophene rings is 1. The largest absolute Gasteiger partial charge is 0.478 e. The van der Waals surface area contributed by atoms with E-state index in [4.69, 9.17) is 5.11 Å². The van der Waals surface area contributed by atoms with Gasteiger partial charge in [-0.25, -0.2) is 13.2 Å². The number of aliphatic hydroxyl groups is 1. The van der Waals surface area contributed by atoms with E-state index in [0.29, 0.717) is 13.0 Å². The van der Waals surface area contributed by atoms with Crippen LogP contribution in [-0.2, 0) is 10.0 Å². The molecule has 1 fully saturated rings. The molecule has 8 heteroatoms. The molecule has 2 heterocycles. The van der Waals surface area contributed by atoms with Crippen LogP contribution in [0.3, 0.4) is 0 Å². The molecule has 0 aliphatic carbocycles. The van der Waals surface area contributed by atoms with Gasteiger partial charge in [0.25, 0.3) is 10.0 Å². The molecule has 1 unspecified atom stereocenters. The summed E-state index contributed by atoms with van der Waals surface area (Å²) in [5.41, 5.74) is -0.0267. The number of carboxylic acid groups (broad SMARTS) is 1. The molecule has 0 bridgehead atoms. The van der Waals surface area contributed by atoms with E-state index in [0.717, 1.165) is 24.2 Å². The second-order valence-electron chi connectivity index (χ2n) is 4.41. The lowest BCUT2D eigenvalue weighted by Crippen LogP contribution is -2.45. The number of carboxylic acids is 1. The van der Waals surface area contributed by atoms with Crippen LogP contribution in [0.5, 0.6) is 0 Å². The van der Waals surface area contributed by atoms with Gasteiger partial charge < -0.3 is 10.2 Å². The molecule has 0 saturated carbocycles. The number of nitrogens with zero attached hydrogens (tertiary/aromatic N) is 1. The van der Waals surface area contributed by atoms with Crippen molar-refractivity contribution in [1.29, 1.82) is 0 Å². The molecule has 19 heavy (non-hydrogen) atoms. The highest BCUT2D eigenvalue weighted by atomic mass is 32.2. The molecule has 1 aliphatic heterocycles. The van der Waals surface area contributed by atoms with E-state index >= 15 is 0 Å². The number of hydrogen-bond donors (Lipinski definition) is 2. The molecule has 1 atom stereocenters. The maximum atomic E-state index is 12.4. The van der Waals surface area contributed by atoms with Gasteiger partial charge in [0.05, 0.1) is 12.2 Å². The molecular weight excluding hydrogens is 290 g/mol. The summed E-state index contributed by atoms with van der Waals surface area (Å²) in [5.74, 6) is -1.14. The molecule has 2 rings (SSSR count). The lowest BCUT2D eigenvalue weighted by molar-refractivity contribution is 0.0697. The molecule has 1 aliphatic rings. The molecule has 6 nitrogen and oxygen atoms in total. The van der Waals surface area contributed by atoms with Crippen LogP contribution >= 0.6 is 11.3 Å². The van der Waals surface area contributed by atoms with Gasteiger partial charge in [0.2, 0.25) is 0 Å². The van der Waals surface area contributed by atoms with E-state index in [-0.39, 0.29) is 16.4 Å². The highest BCUT2D eigenvalue weighted by Crippen LogP contribution is 2.29. The Hall–Kier alpha value is -0.960. The van der Waals surface area contributed by atoms with E-state index in [1.807, 2.05) is 0 Å². The number of hydrogen-bond acceptors (Lipinski definition) is 5. The Morgan fingerprint density at radius 3 is 2.79 bits per heavy atom. The van der Waals surface area contributed by atoms with Crippen molar-refractivity contribution in [3.63, 3.8) is 0 Å². The molecule has 1 saturated heterocycles. The van der Waals surface area contributed by atoms with Gasteiger partial charge in [0.1, 0.15) is 4.21 Å². The number of aliphatic hydroxyl groups excluding tert-OH is 1. The van der Waals surface area contributed by atoms with E-state index in [2.05, 4.69) is 0 Å². The zero-order valence-electron chi connectivity index (χ0n) is 10.2. The van der Waals surface area contributed by atoms with E-state index in [9.17, 15) is 18.3 Å². The Kier molecular flexibility index (Phi) is 4.24. The van der Waals surface area contributed by atoms with Gasteiger partial charge in [-0.1, -0.05) is 6.42 Å². The molecule has 0 amide bonds. The number of rotatable bonds is 4. The summed E-state index contributed by atoms with van der Waals surface area (Å²) in [5, 5.41) is 19.4. The predicted octanol–water partition coefficient (Wildman–Crippen LogP) is 0.982. The van der Waals surface area contributed by atoms with Crippen LogP contribution in [0, 0.1) is 0 Å². The fourth-order valence-corrected chi connectivity index (χ4v) is 5.12. The quantitative estimate of drug-likeness (QED) is 0.864. The van der Waals surface area contributed by atoms with Crippen molar-refractivity contribution in [2.24, 2.45) is 0 Å². The number of carbonyl (C=O) groups is 1. The standard InChI is InChI=1S/C11H15NO5S2/c13-6-9-3-1-2-4-12(9)19(16,17)10-5-8(7-18-10)11(14)15/h5,7,9,13H,1-4,6H2,(H,14,15). The molecule has 106 valence electrons. The van der Waals surface area contributed by atoms with Crippen LogP contribution in [0.2, 0.25) is 0 Å². The summed E-state index contributed by atoms with van der Waals surface area (Å²) < 4.78 is 26.2. The van der Waals surface area contributed by atoms with Gasteiger partial charge >= 0.3 is 5.97 Å². The van der Waals surface area contributed by atoms with Crippen LogP contribution < -0.4 is 0 Å². The van der Waals surface area contributed by atoms with Crippen LogP contribution in [0.25, 0.3) is 0 Å². The molecule has 0 spiro atoms. The van der Waals surface area contributed by atoms with Crippen molar-refractivity contribution >= 4 is 27.3 Å². The van der Waals surface area contributed by atoms with Gasteiger partial charge in [-0.05, 0) is 18.9 Å². The minimum Gasteiger partial charge on any atom is -0.478 e. The van der Waals surface area contributed by atoms with Gasteiger partial charge in [-0.3, -0.25) is 0 Å². The Balaban J connectivity index is 2.32. The second-order valence-corrected chi connectivity index (χ2v) is 7.44. The third-order valence-corrected chi connectivity index (χ3v) is 6.54. The molecular formula is C11H15NO5S2. The Labute approximate surface area is 115 Å². The lowest BCUT2D eigenvalue weighted by Gasteiger charge is -2.32. The Morgan fingerprint density at radius 1 is 1.47 bits per heavy atom. The summed E-state index contributed by atoms with van der Waals surface area (Å²) in [6.07, 6.45) is 2.28. The van der Waals surface area contributed by atoms with E-state index in [1.165, 1.54) is 15.8 Å². The molecule has 1 aromatic heterocycles. The van der Waals surface area contributed by atoms with Gasteiger partial charge in [-0.15, -0.1) is 11.3 Å². The third-order valence-electron chi connectivity index (χ3n) is 3.17. The van der Waals surface area contributed by atoms with E-state index in [1.54, 1.807) is 0 Å². The smallest absolute Gasteiger partial charge is 0.336 e. The molecule has 0 radical (unpaired) electrons. The maximum Gasteiger partial charge on any atom is 0.336 e. The Bertz CT molecular complexity index is 565. The molecule has 1 aromatic rings. The Morgan fingerprint density at radius 2 is 2.21 bits per heavy atom. The molecule has 0 aromatic carbocycles. The normalized spacial score (nSPS) is 21.4. The predicted molar refractivity (Wildman–Crippen MR) is 69.9 cm³/mol. The average molecular weight is 305 g/mol. The number of piperidine rings is 1. The van der Waals surface area contributed by atoms with Crippen molar-refractivity contribution in [2.45, 2.75) is 29.5 Å². The minimum absolute atomic E-state index is 0.0188. The first-order chi connectivity index (χ1) is 8.96. The van der Waals surface area contributed by atoms with Crippen molar-refractivity contribution in [2.75, 3.05) is 13.2 Å². The zero-order valence-corrected chi connectivity index (χ0v) is 11.8. The summed E-state index contributed by atoms with van der Waals surface area (Å²) in [6.45, 7) is 0.157. The topological polar surface area (TPSA) is 94.9 Å². The van der Waals surface area contributed by atoms with Crippen molar-refractivity contribution in [3.05, 3.63) is 17.0 Å². The summed E-state index contributed by atoms with van der Waals surface area (Å²) in [7, 11) is -3.71. The highest BCUT2D eigenvalue weighted by Gasteiger charge is 2.34. The summed E-state index contributed by atoms with van der Waals surface area (Å²) in [4.78, 5) is 10.8. The van der Waals surface area contributed by atoms with Crippen molar-refractivity contribution in [3.8, 4) is 0 Å². The lowest BCUT2D eigenvalue weighted by atomic mass is 10.1. The molecule has 2 N–H and O–H groups in total. The van der Waals surface area contributed by atoms with Crippen LogP contribution in [0.15, 0.2) is 15.7 Å². The third kappa shape index (κ3) is 2.81. The first kappa shape index (κ1) is 14.4. The minimum atomic E-state index is -3.71. The summed E-state index contributed by atoms with van der Waals surface area (Å²) in [6, 6.07) is 0.764. The summed E-state index contributed by atoms with van der Waals surface area (Å²) >= 11 is 0.899. The van der Waals surface area contributed by atoms with E-state index < -0.39 is 22.0 Å². The second kappa shape index (κ2) is 5.58. The van der Waals surface area contributed by atoms with Crippen LogP contribution in [-0.4, -0.2) is 48.1 Å². The highest BCUT2D eigenvalue weighted by molar-refractivity contribution is 7.91. The fraction of sp³-hybridized carbons (Fsp3) is 0.545.